The lowest BCUT2D eigenvalue weighted by Gasteiger charge is -2.29. The zero-order valence-electron chi connectivity index (χ0n) is 9.26. The maximum atomic E-state index is 9.90. The molecule has 0 radical (unpaired) electrons. The molecular weight excluding hydrogens is 216 g/mol. The van der Waals surface area contributed by atoms with Gasteiger partial charge in [-0.25, -0.2) is 0 Å². The van der Waals surface area contributed by atoms with Gasteiger partial charge < -0.3 is 19.7 Å². The number of aliphatic hydroxyl groups is 2. The highest BCUT2D eigenvalue weighted by Crippen LogP contribution is 2.21. The molecule has 0 aromatic carbocycles. The molecular formula is C10H20O4S. The molecule has 4 atom stereocenters. The molecule has 15 heavy (non-hydrogen) atoms. The second kappa shape index (κ2) is 6.70. The van der Waals surface area contributed by atoms with E-state index in [0.717, 1.165) is 24.3 Å². The number of aliphatic hydroxyl groups excluding tert-OH is 2. The van der Waals surface area contributed by atoms with Crippen LogP contribution in [0.15, 0.2) is 0 Å². The predicted molar refractivity (Wildman–Crippen MR) is 60.2 cm³/mol. The van der Waals surface area contributed by atoms with E-state index in [-0.39, 0.29) is 12.2 Å². The first kappa shape index (κ1) is 13.3. The molecule has 1 aliphatic heterocycles. The van der Waals surface area contributed by atoms with Gasteiger partial charge >= 0.3 is 0 Å². The molecule has 0 spiro atoms. The average molecular weight is 236 g/mol. The van der Waals surface area contributed by atoms with Crippen molar-refractivity contribution in [3.05, 3.63) is 0 Å². The van der Waals surface area contributed by atoms with Gasteiger partial charge in [0.2, 0.25) is 0 Å². The Balaban J connectivity index is 2.66. The van der Waals surface area contributed by atoms with Gasteiger partial charge in [-0.1, -0.05) is 0 Å². The second-order valence-corrected chi connectivity index (χ2v) is 4.94. The SMILES string of the molecule is CO[C@H]1CCSCC[C@H](OC)[C@H](O)[C@H]1O. The van der Waals surface area contributed by atoms with Gasteiger partial charge in [-0.2, -0.15) is 11.8 Å². The highest BCUT2D eigenvalue weighted by molar-refractivity contribution is 7.99. The summed E-state index contributed by atoms with van der Waals surface area (Å²) in [6, 6.07) is 0. The van der Waals surface area contributed by atoms with E-state index in [9.17, 15) is 10.2 Å². The van der Waals surface area contributed by atoms with Crippen molar-refractivity contribution in [3.8, 4) is 0 Å². The van der Waals surface area contributed by atoms with E-state index in [4.69, 9.17) is 9.47 Å². The molecule has 0 aromatic heterocycles. The molecule has 2 N–H and O–H groups in total. The predicted octanol–water partition coefficient (Wildman–Crippen LogP) is 0.265. The monoisotopic (exact) mass is 236 g/mol. The van der Waals surface area contributed by atoms with Gasteiger partial charge in [0, 0.05) is 14.2 Å². The Labute approximate surface area is 95.0 Å². The normalized spacial score (nSPS) is 39.2. The van der Waals surface area contributed by atoms with Crippen LogP contribution in [-0.4, -0.2) is 60.4 Å². The Bertz CT molecular complexity index is 161. The van der Waals surface area contributed by atoms with Crippen LogP contribution in [0.25, 0.3) is 0 Å². The van der Waals surface area contributed by atoms with Gasteiger partial charge in [-0.15, -0.1) is 0 Å². The Morgan fingerprint density at radius 2 is 1.33 bits per heavy atom. The highest BCUT2D eigenvalue weighted by atomic mass is 32.2. The fraction of sp³-hybridized carbons (Fsp3) is 1.00. The standard InChI is InChI=1S/C10H20O4S/c1-13-7-3-5-15-6-4-8(14-2)10(12)9(7)11/h7-12H,3-6H2,1-2H3/t7-,8-,9-,10-/m0/s1. The summed E-state index contributed by atoms with van der Waals surface area (Å²) in [5.41, 5.74) is 0. The summed E-state index contributed by atoms with van der Waals surface area (Å²) in [4.78, 5) is 0. The molecule has 1 heterocycles. The summed E-state index contributed by atoms with van der Waals surface area (Å²) in [6.45, 7) is 0. The largest absolute Gasteiger partial charge is 0.388 e. The zero-order chi connectivity index (χ0) is 11.3. The maximum Gasteiger partial charge on any atom is 0.109 e. The van der Waals surface area contributed by atoms with Gasteiger partial charge in [-0.3, -0.25) is 0 Å². The van der Waals surface area contributed by atoms with Gasteiger partial charge in [0.05, 0.1) is 12.2 Å². The van der Waals surface area contributed by atoms with Crippen molar-refractivity contribution in [2.45, 2.75) is 37.3 Å². The third-order valence-corrected chi connectivity index (χ3v) is 3.86. The van der Waals surface area contributed by atoms with Crippen LogP contribution in [0, 0.1) is 0 Å². The van der Waals surface area contributed by atoms with E-state index in [1.54, 1.807) is 26.0 Å². The van der Waals surface area contributed by atoms with E-state index in [1.807, 2.05) is 0 Å². The summed E-state index contributed by atoms with van der Waals surface area (Å²) in [7, 11) is 3.12. The number of rotatable bonds is 2. The van der Waals surface area contributed by atoms with Crippen molar-refractivity contribution in [2.75, 3.05) is 25.7 Å². The number of ether oxygens (including phenoxy) is 2. The van der Waals surface area contributed by atoms with Crippen LogP contribution in [0.3, 0.4) is 0 Å². The summed E-state index contributed by atoms with van der Waals surface area (Å²) < 4.78 is 10.4. The highest BCUT2D eigenvalue weighted by Gasteiger charge is 2.33. The van der Waals surface area contributed by atoms with Crippen molar-refractivity contribution < 1.29 is 19.7 Å². The third-order valence-electron chi connectivity index (χ3n) is 2.81. The van der Waals surface area contributed by atoms with Crippen LogP contribution in [0.2, 0.25) is 0 Å². The lowest BCUT2D eigenvalue weighted by atomic mass is 10.00. The van der Waals surface area contributed by atoms with Crippen LogP contribution in [-0.2, 0) is 9.47 Å². The quantitative estimate of drug-likeness (QED) is 0.720. The molecule has 1 aliphatic rings. The third kappa shape index (κ3) is 3.60. The van der Waals surface area contributed by atoms with E-state index in [2.05, 4.69) is 0 Å². The van der Waals surface area contributed by atoms with Crippen LogP contribution in [0.4, 0.5) is 0 Å². The Morgan fingerprint density at radius 1 is 0.933 bits per heavy atom. The molecule has 5 heteroatoms. The van der Waals surface area contributed by atoms with Crippen LogP contribution in [0.5, 0.6) is 0 Å². The minimum Gasteiger partial charge on any atom is -0.388 e. The van der Waals surface area contributed by atoms with Crippen molar-refractivity contribution in [2.24, 2.45) is 0 Å². The first-order valence-electron chi connectivity index (χ1n) is 5.20. The van der Waals surface area contributed by atoms with Crippen molar-refractivity contribution >= 4 is 11.8 Å². The molecule has 0 aliphatic carbocycles. The zero-order valence-corrected chi connectivity index (χ0v) is 10.1. The minimum absolute atomic E-state index is 0.303. The molecule has 1 fully saturated rings. The number of hydrogen-bond acceptors (Lipinski definition) is 5. The van der Waals surface area contributed by atoms with E-state index >= 15 is 0 Å². The maximum absolute atomic E-state index is 9.90. The first-order chi connectivity index (χ1) is 7.20. The Hall–Kier alpha value is 0.190. The van der Waals surface area contributed by atoms with Gasteiger partial charge in [0.1, 0.15) is 12.2 Å². The lowest BCUT2D eigenvalue weighted by Crippen LogP contribution is -2.45. The van der Waals surface area contributed by atoms with Gasteiger partial charge in [0.25, 0.3) is 0 Å². The fourth-order valence-electron chi connectivity index (χ4n) is 1.80. The van der Waals surface area contributed by atoms with E-state index in [1.165, 1.54) is 0 Å². The summed E-state index contributed by atoms with van der Waals surface area (Å²) in [6.07, 6.45) is -0.810. The lowest BCUT2D eigenvalue weighted by molar-refractivity contribution is -0.122. The van der Waals surface area contributed by atoms with E-state index < -0.39 is 12.2 Å². The molecule has 1 saturated heterocycles. The first-order valence-corrected chi connectivity index (χ1v) is 6.35. The molecule has 0 unspecified atom stereocenters. The second-order valence-electron chi connectivity index (χ2n) is 3.72. The number of methoxy groups -OCH3 is 2. The van der Waals surface area contributed by atoms with Crippen molar-refractivity contribution in [1.82, 2.24) is 0 Å². The summed E-state index contributed by atoms with van der Waals surface area (Å²) in [5.74, 6) is 1.89. The topological polar surface area (TPSA) is 58.9 Å². The Kier molecular flexibility index (Phi) is 5.92. The summed E-state index contributed by atoms with van der Waals surface area (Å²) >= 11 is 1.80. The molecule has 90 valence electrons. The average Bonchev–Trinajstić information content (AvgIpc) is 2.32. The van der Waals surface area contributed by atoms with Crippen LogP contribution < -0.4 is 0 Å². The number of thioether (sulfide) groups is 1. The Morgan fingerprint density at radius 3 is 1.67 bits per heavy atom. The smallest absolute Gasteiger partial charge is 0.109 e. The fourth-order valence-corrected chi connectivity index (χ4v) is 2.80. The molecule has 0 amide bonds. The van der Waals surface area contributed by atoms with Crippen molar-refractivity contribution in [3.63, 3.8) is 0 Å². The number of hydrogen-bond donors (Lipinski definition) is 2. The minimum atomic E-state index is -0.862. The molecule has 1 rings (SSSR count). The van der Waals surface area contributed by atoms with Crippen LogP contribution in [0.1, 0.15) is 12.8 Å². The van der Waals surface area contributed by atoms with E-state index in [0.29, 0.717) is 0 Å². The van der Waals surface area contributed by atoms with Crippen molar-refractivity contribution in [1.29, 1.82) is 0 Å². The van der Waals surface area contributed by atoms with Gasteiger partial charge in [0.15, 0.2) is 0 Å². The summed E-state index contributed by atoms with van der Waals surface area (Å²) in [5, 5.41) is 19.8. The van der Waals surface area contributed by atoms with Crippen LogP contribution >= 0.6 is 11.8 Å². The molecule has 0 saturated carbocycles. The van der Waals surface area contributed by atoms with Gasteiger partial charge in [-0.05, 0) is 24.3 Å². The molecule has 0 bridgehead atoms. The molecule has 0 aromatic rings. The molecule has 4 nitrogen and oxygen atoms in total.